The van der Waals surface area contributed by atoms with E-state index in [0.717, 1.165) is 35.4 Å². The van der Waals surface area contributed by atoms with E-state index in [1.807, 2.05) is 32.9 Å². The number of aryl methyl sites for hydroxylation is 1. The van der Waals surface area contributed by atoms with Gasteiger partial charge in [0.1, 0.15) is 5.69 Å². The maximum Gasteiger partial charge on any atom is 0.278 e. The number of carbonyl (C=O) groups is 1. The van der Waals surface area contributed by atoms with Crippen LogP contribution in [-0.4, -0.2) is 51.8 Å². The second kappa shape index (κ2) is 9.24. The highest BCUT2D eigenvalue weighted by atomic mass is 35.5. The highest BCUT2D eigenvalue weighted by Gasteiger charge is 2.25. The van der Waals surface area contributed by atoms with Crippen LogP contribution in [0.5, 0.6) is 0 Å². The summed E-state index contributed by atoms with van der Waals surface area (Å²) >= 11 is 7.80. The van der Waals surface area contributed by atoms with E-state index in [9.17, 15) is 4.79 Å². The van der Waals surface area contributed by atoms with Crippen molar-refractivity contribution in [3.05, 3.63) is 40.7 Å². The van der Waals surface area contributed by atoms with Crippen molar-refractivity contribution in [2.75, 3.05) is 31.1 Å². The van der Waals surface area contributed by atoms with Crippen LogP contribution < -0.4 is 4.90 Å². The van der Waals surface area contributed by atoms with Crippen molar-refractivity contribution in [2.24, 2.45) is 0 Å². The first-order valence-electron chi connectivity index (χ1n) is 10.0. The molecule has 0 spiro atoms. The molecule has 1 aromatic carbocycles. The lowest BCUT2D eigenvalue weighted by Crippen LogP contribution is -2.39. The minimum Gasteiger partial charge on any atom is -0.302 e. The molecule has 0 aliphatic carbocycles. The highest BCUT2D eigenvalue weighted by molar-refractivity contribution is 7.22. The fourth-order valence-corrected chi connectivity index (χ4v) is 4.50. The number of rotatable bonds is 8. The lowest BCUT2D eigenvalue weighted by molar-refractivity contribution is 0.0971. The molecule has 3 aromatic rings. The van der Waals surface area contributed by atoms with Crippen molar-refractivity contribution < 1.29 is 4.79 Å². The normalized spacial score (nSPS) is 11.7. The van der Waals surface area contributed by atoms with Crippen molar-refractivity contribution in [2.45, 2.75) is 40.7 Å². The third kappa shape index (κ3) is 4.47. The molecule has 0 saturated carbocycles. The predicted octanol–water partition coefficient (Wildman–Crippen LogP) is 5.02. The maximum absolute atomic E-state index is 13.5. The fourth-order valence-electron chi connectivity index (χ4n) is 3.30. The number of hydrogen-bond donors (Lipinski definition) is 0. The van der Waals surface area contributed by atoms with Crippen molar-refractivity contribution in [3.63, 3.8) is 0 Å². The Balaban J connectivity index is 2.02. The number of likely N-dealkylation sites (N-methyl/N-ethyl adjacent to an activating group) is 1. The van der Waals surface area contributed by atoms with Crippen LogP contribution in [0.1, 0.15) is 49.8 Å². The van der Waals surface area contributed by atoms with Gasteiger partial charge in [0, 0.05) is 30.4 Å². The summed E-state index contributed by atoms with van der Waals surface area (Å²) in [5.41, 5.74) is 2.37. The number of nitrogens with zero attached hydrogens (tertiary/aromatic N) is 5. The zero-order valence-corrected chi connectivity index (χ0v) is 19.2. The lowest BCUT2D eigenvalue weighted by Gasteiger charge is -2.25. The van der Waals surface area contributed by atoms with Crippen LogP contribution in [0.4, 0.5) is 5.13 Å². The van der Waals surface area contributed by atoms with Gasteiger partial charge in [0.25, 0.3) is 5.91 Å². The number of thiazole rings is 1. The van der Waals surface area contributed by atoms with Gasteiger partial charge in [-0.3, -0.25) is 14.4 Å². The van der Waals surface area contributed by atoms with Crippen LogP contribution in [0.25, 0.3) is 10.2 Å². The molecule has 6 nitrogen and oxygen atoms in total. The molecule has 2 heterocycles. The largest absolute Gasteiger partial charge is 0.302 e. The number of halogens is 1. The Morgan fingerprint density at radius 3 is 2.59 bits per heavy atom. The minimum absolute atomic E-state index is 0.0776. The number of carbonyl (C=O) groups excluding carboxylic acids is 1. The van der Waals surface area contributed by atoms with Crippen molar-refractivity contribution in [1.29, 1.82) is 0 Å². The molecule has 0 saturated heterocycles. The molecule has 1 amide bonds. The Labute approximate surface area is 181 Å². The number of benzene rings is 1. The molecule has 0 N–H and O–H groups in total. The Hall–Kier alpha value is -1.96. The SMILES string of the molecule is CCN(CC)CCN(C(=O)c1ccnn1C(C)C)c1nc2c(C)c(Cl)ccc2s1. The highest BCUT2D eigenvalue weighted by Crippen LogP contribution is 2.34. The number of anilines is 1. The van der Waals surface area contributed by atoms with Gasteiger partial charge in [-0.15, -0.1) is 0 Å². The van der Waals surface area contributed by atoms with Gasteiger partial charge >= 0.3 is 0 Å². The van der Waals surface area contributed by atoms with Gasteiger partial charge in [0.05, 0.1) is 10.2 Å². The monoisotopic (exact) mass is 433 g/mol. The van der Waals surface area contributed by atoms with Crippen LogP contribution in [0.3, 0.4) is 0 Å². The Bertz CT molecular complexity index is 992. The van der Waals surface area contributed by atoms with Crippen molar-refractivity contribution in [1.82, 2.24) is 19.7 Å². The van der Waals surface area contributed by atoms with Crippen LogP contribution in [0.2, 0.25) is 5.02 Å². The summed E-state index contributed by atoms with van der Waals surface area (Å²) in [6.07, 6.45) is 1.68. The molecule has 0 bridgehead atoms. The standard InChI is InChI=1S/C21H28ClN5OS/c1-6-25(7-2)12-13-26(20(28)17-10-11-23-27(17)14(3)4)21-24-19-15(5)16(22)8-9-18(19)29-21/h8-11,14H,6-7,12-13H2,1-5H3. The first kappa shape index (κ1) is 21.7. The molecule has 0 fully saturated rings. The Morgan fingerprint density at radius 1 is 1.21 bits per heavy atom. The zero-order valence-electron chi connectivity index (χ0n) is 17.6. The molecule has 8 heteroatoms. The summed E-state index contributed by atoms with van der Waals surface area (Å²) in [7, 11) is 0. The van der Waals surface area contributed by atoms with Crippen LogP contribution in [-0.2, 0) is 0 Å². The van der Waals surface area contributed by atoms with E-state index in [0.29, 0.717) is 22.4 Å². The van der Waals surface area contributed by atoms with E-state index < -0.39 is 0 Å². The van der Waals surface area contributed by atoms with Gasteiger partial charge in [0.15, 0.2) is 5.13 Å². The molecular weight excluding hydrogens is 406 g/mol. The Kier molecular flexibility index (Phi) is 6.93. The van der Waals surface area contributed by atoms with Gasteiger partial charge in [-0.2, -0.15) is 5.10 Å². The summed E-state index contributed by atoms with van der Waals surface area (Å²) < 4.78 is 2.79. The van der Waals surface area contributed by atoms with Crippen molar-refractivity contribution in [3.8, 4) is 0 Å². The maximum atomic E-state index is 13.5. The van der Waals surface area contributed by atoms with Gasteiger partial charge in [0.2, 0.25) is 0 Å². The molecule has 0 unspecified atom stereocenters. The van der Waals surface area contributed by atoms with E-state index in [4.69, 9.17) is 16.6 Å². The molecule has 3 rings (SSSR count). The zero-order chi connectivity index (χ0) is 21.1. The summed E-state index contributed by atoms with van der Waals surface area (Å²) in [4.78, 5) is 22.4. The van der Waals surface area contributed by atoms with Crippen LogP contribution >= 0.6 is 22.9 Å². The average molecular weight is 434 g/mol. The summed E-state index contributed by atoms with van der Waals surface area (Å²) in [5, 5.41) is 5.71. The van der Waals surface area contributed by atoms with E-state index in [1.54, 1.807) is 21.8 Å². The molecule has 0 aliphatic rings. The van der Waals surface area contributed by atoms with Gasteiger partial charge in [-0.25, -0.2) is 4.98 Å². The number of fused-ring (bicyclic) bond motifs is 1. The molecule has 0 aliphatic heterocycles. The average Bonchev–Trinajstić information content (AvgIpc) is 3.35. The van der Waals surface area contributed by atoms with E-state index in [-0.39, 0.29) is 11.9 Å². The number of hydrogen-bond acceptors (Lipinski definition) is 5. The first-order valence-corrected chi connectivity index (χ1v) is 11.2. The fraction of sp³-hybridized carbons (Fsp3) is 0.476. The third-order valence-corrected chi connectivity index (χ3v) is 6.58. The smallest absolute Gasteiger partial charge is 0.278 e. The lowest BCUT2D eigenvalue weighted by atomic mass is 10.2. The van der Waals surface area contributed by atoms with Gasteiger partial charge < -0.3 is 4.90 Å². The van der Waals surface area contributed by atoms with Gasteiger partial charge in [-0.1, -0.05) is 36.8 Å². The number of aromatic nitrogens is 3. The van der Waals surface area contributed by atoms with Crippen LogP contribution in [0.15, 0.2) is 24.4 Å². The molecule has 0 atom stereocenters. The second-order valence-corrected chi connectivity index (χ2v) is 8.67. The minimum atomic E-state index is -0.0776. The third-order valence-electron chi connectivity index (χ3n) is 5.13. The predicted molar refractivity (Wildman–Crippen MR) is 121 cm³/mol. The molecular formula is C21H28ClN5OS. The first-order chi connectivity index (χ1) is 13.9. The van der Waals surface area contributed by atoms with E-state index >= 15 is 0 Å². The molecule has 0 radical (unpaired) electrons. The Morgan fingerprint density at radius 2 is 1.93 bits per heavy atom. The molecule has 29 heavy (non-hydrogen) atoms. The molecule has 156 valence electrons. The summed E-state index contributed by atoms with van der Waals surface area (Å²) in [5.74, 6) is -0.0776. The molecule has 2 aromatic heterocycles. The quantitative estimate of drug-likeness (QED) is 0.500. The van der Waals surface area contributed by atoms with Crippen LogP contribution in [0, 0.1) is 6.92 Å². The second-order valence-electron chi connectivity index (χ2n) is 7.25. The topological polar surface area (TPSA) is 54.3 Å². The summed E-state index contributed by atoms with van der Waals surface area (Å²) in [6, 6.07) is 5.74. The summed E-state index contributed by atoms with van der Waals surface area (Å²) in [6.45, 7) is 13.5. The van der Waals surface area contributed by atoms with E-state index in [1.165, 1.54) is 11.3 Å². The van der Waals surface area contributed by atoms with E-state index in [2.05, 4.69) is 23.8 Å². The van der Waals surface area contributed by atoms with Gasteiger partial charge in [-0.05, 0) is 57.6 Å². The van der Waals surface area contributed by atoms with Crippen molar-refractivity contribution >= 4 is 44.2 Å². The number of amides is 1.